The van der Waals surface area contributed by atoms with Crippen LogP contribution in [0.25, 0.3) is 0 Å². The Morgan fingerprint density at radius 1 is 1.50 bits per heavy atom. The van der Waals surface area contributed by atoms with Gasteiger partial charge in [-0.2, -0.15) is 0 Å². The molecule has 0 fully saturated rings. The minimum atomic E-state index is 1.81. The quantitative estimate of drug-likeness (QED) is 0.360. The molecule has 0 saturated carbocycles. The first kappa shape index (κ1) is 3.96. The van der Waals surface area contributed by atoms with Gasteiger partial charge in [-0.1, -0.05) is 0 Å². The second-order valence-corrected chi connectivity index (χ2v) is 0.986. The molecule has 0 amide bonds. The van der Waals surface area contributed by atoms with E-state index < -0.39 is 0 Å². The first-order chi connectivity index (χ1) is 1.73. The van der Waals surface area contributed by atoms with Crippen molar-refractivity contribution in [3.63, 3.8) is 0 Å². The number of hydrogen-bond acceptors (Lipinski definition) is 0. The minimum absolute atomic E-state index is 1.81. The molecule has 1 nitrogen and oxygen atoms in total. The van der Waals surface area contributed by atoms with Crippen LogP contribution in [0, 0.1) is 7.11 Å². The van der Waals surface area contributed by atoms with Crippen molar-refractivity contribution in [2.75, 3.05) is 14.2 Å². The standard InChI is InChI=1S/C3H8O/c1-4(2)3/h1H2,2-3H3/q+1. The van der Waals surface area contributed by atoms with Crippen molar-refractivity contribution in [3.05, 3.63) is 7.11 Å². The van der Waals surface area contributed by atoms with E-state index >= 15 is 0 Å². The van der Waals surface area contributed by atoms with Gasteiger partial charge in [0.05, 0.1) is 0 Å². The Bertz CT molecular complexity index is 8.00. The van der Waals surface area contributed by atoms with Crippen molar-refractivity contribution in [1.82, 2.24) is 0 Å². The third kappa shape index (κ3) is 1130. The number of rotatable bonds is 0. The van der Waals surface area contributed by atoms with Gasteiger partial charge in [0.2, 0.25) is 7.11 Å². The minimum Gasteiger partial charge on any atom is -0.421 e. The molecule has 0 atom stereocenters. The van der Waals surface area contributed by atoms with E-state index in [9.17, 15) is 0 Å². The SMILES string of the molecule is [CH2][O+](C)C. The molecular weight excluding hydrogens is 52.0 g/mol. The zero-order valence-corrected chi connectivity index (χ0v) is 3.12. The molecule has 4 heavy (non-hydrogen) atoms. The Kier molecular flexibility index (Phi) is 1.28. The van der Waals surface area contributed by atoms with Crippen LogP contribution in [0.3, 0.4) is 0 Å². The van der Waals surface area contributed by atoms with Gasteiger partial charge in [-0.3, -0.25) is 0 Å². The highest BCUT2D eigenvalue weighted by molar-refractivity contribution is 4.00. The van der Waals surface area contributed by atoms with Gasteiger partial charge in [-0.05, 0) is 0 Å². The normalized spacial score (nSPS) is 9.00. The van der Waals surface area contributed by atoms with Crippen molar-refractivity contribution >= 4 is 0 Å². The van der Waals surface area contributed by atoms with E-state index in [0.717, 1.165) is 0 Å². The van der Waals surface area contributed by atoms with Crippen molar-refractivity contribution in [3.8, 4) is 0 Å². The van der Waals surface area contributed by atoms with Crippen LogP contribution in [-0.2, 0) is 4.37 Å². The Balaban J connectivity index is 2.32. The topological polar surface area (TPSA) is 2.70 Å². The molecule has 1 radical (unpaired) electrons. The van der Waals surface area contributed by atoms with Crippen LogP contribution >= 0.6 is 0 Å². The molecule has 0 spiro atoms. The Labute approximate surface area is 26.9 Å². The van der Waals surface area contributed by atoms with Gasteiger partial charge in [0.25, 0.3) is 0 Å². The molecule has 0 aliphatic heterocycles. The van der Waals surface area contributed by atoms with Crippen LogP contribution in [-0.4, -0.2) is 14.2 Å². The lowest BCUT2D eigenvalue weighted by Gasteiger charge is -1.89. The third-order valence-electron chi connectivity index (χ3n) is 0. The molecule has 0 unspecified atom stereocenters. The maximum Gasteiger partial charge on any atom is 0.215 e. The lowest BCUT2D eigenvalue weighted by molar-refractivity contribution is 0.0373. The first-order valence-electron chi connectivity index (χ1n) is 1.11. The monoisotopic (exact) mass is 60.1 g/mol. The lowest BCUT2D eigenvalue weighted by atomic mass is 11.4. The van der Waals surface area contributed by atoms with Gasteiger partial charge in [0.1, 0.15) is 14.2 Å². The predicted molar refractivity (Wildman–Crippen MR) is 18.3 cm³/mol. The van der Waals surface area contributed by atoms with E-state index in [4.69, 9.17) is 0 Å². The first-order valence-corrected chi connectivity index (χ1v) is 1.11. The van der Waals surface area contributed by atoms with E-state index in [0.29, 0.717) is 0 Å². The van der Waals surface area contributed by atoms with Crippen LogP contribution in [0.1, 0.15) is 0 Å². The molecule has 0 N–H and O–H groups in total. The highest BCUT2D eigenvalue weighted by atomic mass is 16.6. The molecule has 1 heteroatoms. The van der Waals surface area contributed by atoms with Gasteiger partial charge in [-0.15, -0.1) is 0 Å². The maximum absolute atomic E-state index is 3.39. The third-order valence-corrected chi connectivity index (χ3v) is 0. The molecule has 0 aromatic heterocycles. The molecule has 0 aliphatic carbocycles. The molecule has 0 aromatic rings. The summed E-state index contributed by atoms with van der Waals surface area (Å²) in [5.41, 5.74) is 0. The number of hydrogen-bond donors (Lipinski definition) is 0. The van der Waals surface area contributed by atoms with Crippen molar-refractivity contribution in [2.45, 2.75) is 0 Å². The van der Waals surface area contributed by atoms with E-state index in [1.807, 2.05) is 0 Å². The summed E-state index contributed by atoms with van der Waals surface area (Å²) in [4.78, 5) is 0. The molecule has 25 valence electrons. The predicted octanol–water partition coefficient (Wildman–Crippen LogP) is 0.590. The largest absolute Gasteiger partial charge is 0.421 e. The van der Waals surface area contributed by atoms with Gasteiger partial charge in [-0.25, -0.2) is 0 Å². The van der Waals surface area contributed by atoms with Crippen LogP contribution in [0.2, 0.25) is 0 Å². The molecule has 0 aliphatic rings. The summed E-state index contributed by atoms with van der Waals surface area (Å²) in [6.45, 7) is 0. The van der Waals surface area contributed by atoms with E-state index in [1.165, 1.54) is 0 Å². The summed E-state index contributed by atoms with van der Waals surface area (Å²) in [5.74, 6) is 0. The van der Waals surface area contributed by atoms with E-state index in [2.05, 4.69) is 11.5 Å². The summed E-state index contributed by atoms with van der Waals surface area (Å²) < 4.78 is 2.33. The average molecular weight is 60.1 g/mol. The Hall–Kier alpha value is -0.0400. The molecule has 0 rings (SSSR count). The average Bonchev–Trinajstić information content (AvgIpc) is 0.811. The van der Waals surface area contributed by atoms with Crippen molar-refractivity contribution < 1.29 is 4.37 Å². The molecule has 0 saturated heterocycles. The van der Waals surface area contributed by atoms with Crippen molar-refractivity contribution in [1.29, 1.82) is 0 Å². The zero-order valence-electron chi connectivity index (χ0n) is 3.12. The van der Waals surface area contributed by atoms with Gasteiger partial charge in [0.15, 0.2) is 0 Å². The van der Waals surface area contributed by atoms with Crippen molar-refractivity contribution in [2.24, 2.45) is 0 Å². The second-order valence-electron chi connectivity index (χ2n) is 0.986. The van der Waals surface area contributed by atoms with E-state index in [1.54, 1.807) is 14.2 Å². The molecule has 0 aromatic carbocycles. The molecule has 0 bridgehead atoms. The van der Waals surface area contributed by atoms with Gasteiger partial charge in [0, 0.05) is 0 Å². The Morgan fingerprint density at radius 2 is 1.50 bits per heavy atom. The summed E-state index contributed by atoms with van der Waals surface area (Å²) >= 11 is 0. The fourth-order valence-electron chi connectivity index (χ4n) is 0. The summed E-state index contributed by atoms with van der Waals surface area (Å²) in [7, 11) is 7.00. The van der Waals surface area contributed by atoms with Crippen LogP contribution in [0.15, 0.2) is 0 Å². The van der Waals surface area contributed by atoms with E-state index in [-0.39, 0.29) is 0 Å². The van der Waals surface area contributed by atoms with Crippen LogP contribution < -0.4 is 0 Å². The zero-order chi connectivity index (χ0) is 3.58. The van der Waals surface area contributed by atoms with Crippen LogP contribution in [0.5, 0.6) is 0 Å². The van der Waals surface area contributed by atoms with Gasteiger partial charge >= 0.3 is 0 Å². The van der Waals surface area contributed by atoms with Crippen LogP contribution in [0.4, 0.5) is 0 Å². The molecular formula is C3H8O+. The summed E-state index contributed by atoms with van der Waals surface area (Å²) in [6, 6.07) is 0. The highest BCUT2D eigenvalue weighted by Crippen LogP contribution is 1.65. The fraction of sp³-hybridized carbons (Fsp3) is 0.667. The van der Waals surface area contributed by atoms with Gasteiger partial charge < -0.3 is 4.37 Å². The molecule has 0 heterocycles. The smallest absolute Gasteiger partial charge is 0.215 e. The summed E-state index contributed by atoms with van der Waals surface area (Å²) in [6.07, 6.45) is 0. The fourth-order valence-corrected chi connectivity index (χ4v) is 0. The highest BCUT2D eigenvalue weighted by Gasteiger charge is 1.63. The maximum atomic E-state index is 3.39. The lowest BCUT2D eigenvalue weighted by Crippen LogP contribution is -1.82. The summed E-state index contributed by atoms with van der Waals surface area (Å²) in [5, 5.41) is 0. The second kappa shape index (κ2) is 1.30. The Morgan fingerprint density at radius 3 is 1.50 bits per heavy atom.